The summed E-state index contributed by atoms with van der Waals surface area (Å²) in [7, 11) is 1.55. The van der Waals surface area contributed by atoms with Crippen molar-refractivity contribution in [2.24, 2.45) is 5.92 Å². The summed E-state index contributed by atoms with van der Waals surface area (Å²) in [5.74, 6) is 0.415. The van der Waals surface area contributed by atoms with Gasteiger partial charge >= 0.3 is 0 Å². The van der Waals surface area contributed by atoms with Gasteiger partial charge in [-0.15, -0.1) is 0 Å². The van der Waals surface area contributed by atoms with Gasteiger partial charge in [0, 0.05) is 36.2 Å². The zero-order chi connectivity index (χ0) is 15.3. The number of nitrogens with one attached hydrogen (secondary N) is 1. The van der Waals surface area contributed by atoms with E-state index in [9.17, 15) is 13.2 Å². The van der Waals surface area contributed by atoms with Crippen molar-refractivity contribution in [2.75, 3.05) is 19.8 Å². The molecule has 116 valence electrons. The standard InChI is InChI=1S/C14H18ClNO4S/c15-21(18,19)13-4-1-11(2-5-13)3-6-14(17)16-9-12-7-8-20-10-12/h1-2,4-5,12H,3,6-10H2,(H,16,17). The van der Waals surface area contributed by atoms with E-state index in [1.54, 1.807) is 12.1 Å². The molecule has 0 aromatic heterocycles. The Morgan fingerprint density at radius 2 is 2.05 bits per heavy atom. The van der Waals surface area contributed by atoms with Gasteiger partial charge in [0.15, 0.2) is 0 Å². The number of aryl methyl sites for hydroxylation is 1. The average molecular weight is 332 g/mol. The van der Waals surface area contributed by atoms with E-state index in [2.05, 4.69) is 5.32 Å². The number of rotatable bonds is 6. The molecule has 0 aliphatic carbocycles. The van der Waals surface area contributed by atoms with Crippen molar-refractivity contribution in [1.29, 1.82) is 0 Å². The van der Waals surface area contributed by atoms with Crippen LogP contribution in [0.15, 0.2) is 29.2 Å². The lowest BCUT2D eigenvalue weighted by Crippen LogP contribution is -2.29. The Morgan fingerprint density at radius 3 is 2.62 bits per heavy atom. The van der Waals surface area contributed by atoms with Crippen LogP contribution in [0.25, 0.3) is 0 Å². The highest BCUT2D eigenvalue weighted by atomic mass is 35.7. The second kappa shape index (κ2) is 7.24. The zero-order valence-electron chi connectivity index (χ0n) is 11.5. The van der Waals surface area contributed by atoms with Gasteiger partial charge in [0.25, 0.3) is 9.05 Å². The molecule has 0 radical (unpaired) electrons. The summed E-state index contributed by atoms with van der Waals surface area (Å²) in [5, 5.41) is 2.89. The second-order valence-electron chi connectivity index (χ2n) is 5.12. The van der Waals surface area contributed by atoms with Crippen LogP contribution in [-0.4, -0.2) is 34.1 Å². The summed E-state index contributed by atoms with van der Waals surface area (Å²) in [6, 6.07) is 6.25. The molecule has 1 atom stereocenters. The maximum Gasteiger partial charge on any atom is 0.261 e. The first-order valence-corrected chi connectivity index (χ1v) is 9.14. The largest absolute Gasteiger partial charge is 0.381 e. The van der Waals surface area contributed by atoms with Gasteiger partial charge in [-0.3, -0.25) is 4.79 Å². The highest BCUT2D eigenvalue weighted by molar-refractivity contribution is 8.13. The van der Waals surface area contributed by atoms with Crippen LogP contribution in [0.1, 0.15) is 18.4 Å². The SMILES string of the molecule is O=C(CCc1ccc(S(=O)(=O)Cl)cc1)NCC1CCOC1. The number of hydrogen-bond donors (Lipinski definition) is 1. The van der Waals surface area contributed by atoms with Gasteiger partial charge in [0.05, 0.1) is 11.5 Å². The van der Waals surface area contributed by atoms with Crippen molar-refractivity contribution in [3.63, 3.8) is 0 Å². The monoisotopic (exact) mass is 331 g/mol. The van der Waals surface area contributed by atoms with E-state index >= 15 is 0 Å². The summed E-state index contributed by atoms with van der Waals surface area (Å²) in [6.07, 6.45) is 1.94. The molecule has 0 bridgehead atoms. The fourth-order valence-electron chi connectivity index (χ4n) is 2.17. The highest BCUT2D eigenvalue weighted by Gasteiger charge is 2.16. The molecule has 1 heterocycles. The van der Waals surface area contributed by atoms with Crippen LogP contribution in [0.5, 0.6) is 0 Å². The molecule has 1 aliphatic heterocycles. The average Bonchev–Trinajstić information content (AvgIpc) is 2.95. The van der Waals surface area contributed by atoms with Crippen molar-refractivity contribution < 1.29 is 17.9 Å². The van der Waals surface area contributed by atoms with E-state index in [-0.39, 0.29) is 10.8 Å². The second-order valence-corrected chi connectivity index (χ2v) is 7.68. The third kappa shape index (κ3) is 5.30. The minimum Gasteiger partial charge on any atom is -0.381 e. The van der Waals surface area contributed by atoms with Gasteiger partial charge in [0.2, 0.25) is 5.91 Å². The Hall–Kier alpha value is -1.11. The third-order valence-corrected chi connectivity index (χ3v) is 4.83. The first-order valence-electron chi connectivity index (χ1n) is 6.83. The molecule has 1 aliphatic rings. The molecule has 1 aromatic carbocycles. The van der Waals surface area contributed by atoms with Gasteiger partial charge < -0.3 is 10.1 Å². The van der Waals surface area contributed by atoms with Gasteiger partial charge in [-0.05, 0) is 30.5 Å². The summed E-state index contributed by atoms with van der Waals surface area (Å²) in [6.45, 7) is 2.15. The summed E-state index contributed by atoms with van der Waals surface area (Å²) >= 11 is 0. The zero-order valence-corrected chi connectivity index (χ0v) is 13.1. The minimum atomic E-state index is -3.69. The molecule has 0 spiro atoms. The van der Waals surface area contributed by atoms with Crippen molar-refractivity contribution in [3.8, 4) is 0 Å². The fraction of sp³-hybridized carbons (Fsp3) is 0.500. The molecule has 1 saturated heterocycles. The van der Waals surface area contributed by atoms with Gasteiger partial charge in [0.1, 0.15) is 0 Å². The first kappa shape index (κ1) is 16.3. The van der Waals surface area contributed by atoms with Crippen molar-refractivity contribution in [2.45, 2.75) is 24.2 Å². The Kier molecular flexibility index (Phi) is 5.61. The fourth-order valence-corrected chi connectivity index (χ4v) is 2.94. The number of hydrogen-bond acceptors (Lipinski definition) is 4. The first-order chi connectivity index (χ1) is 9.95. The Bertz CT molecular complexity index is 579. The molecular formula is C14H18ClNO4S. The molecule has 1 unspecified atom stereocenters. The third-order valence-electron chi connectivity index (χ3n) is 3.46. The van der Waals surface area contributed by atoms with E-state index in [4.69, 9.17) is 15.4 Å². The lowest BCUT2D eigenvalue weighted by Gasteiger charge is -2.09. The van der Waals surface area contributed by atoms with Crippen LogP contribution in [0.2, 0.25) is 0 Å². The molecule has 1 amide bonds. The molecule has 1 N–H and O–H groups in total. The number of benzene rings is 1. The lowest BCUT2D eigenvalue weighted by atomic mass is 10.1. The molecule has 5 nitrogen and oxygen atoms in total. The van der Waals surface area contributed by atoms with E-state index in [1.807, 2.05) is 0 Å². The van der Waals surface area contributed by atoms with E-state index in [0.29, 0.717) is 31.9 Å². The van der Waals surface area contributed by atoms with Crippen LogP contribution in [0, 0.1) is 5.92 Å². The molecule has 1 aromatic rings. The summed E-state index contributed by atoms with van der Waals surface area (Å²) < 4.78 is 27.5. The van der Waals surface area contributed by atoms with Crippen molar-refractivity contribution in [3.05, 3.63) is 29.8 Å². The minimum absolute atomic E-state index is 0.00376. The molecule has 1 fully saturated rings. The van der Waals surface area contributed by atoms with Gasteiger partial charge in [-0.1, -0.05) is 12.1 Å². The highest BCUT2D eigenvalue weighted by Crippen LogP contribution is 2.16. The Morgan fingerprint density at radius 1 is 1.33 bits per heavy atom. The van der Waals surface area contributed by atoms with Crippen LogP contribution < -0.4 is 5.32 Å². The molecule has 2 rings (SSSR count). The Balaban J connectivity index is 1.75. The topological polar surface area (TPSA) is 72.5 Å². The van der Waals surface area contributed by atoms with E-state index < -0.39 is 9.05 Å². The maximum atomic E-state index is 11.7. The van der Waals surface area contributed by atoms with Crippen LogP contribution in [0.3, 0.4) is 0 Å². The molecule has 0 saturated carbocycles. The van der Waals surface area contributed by atoms with Crippen molar-refractivity contribution in [1.82, 2.24) is 5.32 Å². The number of ether oxygens (including phenoxy) is 1. The van der Waals surface area contributed by atoms with Gasteiger partial charge in [-0.25, -0.2) is 8.42 Å². The van der Waals surface area contributed by atoms with Crippen molar-refractivity contribution >= 4 is 25.6 Å². The number of carbonyl (C=O) groups excluding carboxylic acids is 1. The van der Waals surface area contributed by atoms with Crippen LogP contribution >= 0.6 is 10.7 Å². The molecule has 21 heavy (non-hydrogen) atoms. The lowest BCUT2D eigenvalue weighted by molar-refractivity contribution is -0.121. The smallest absolute Gasteiger partial charge is 0.261 e. The maximum absolute atomic E-state index is 11.7. The Labute approximate surface area is 129 Å². The predicted molar refractivity (Wildman–Crippen MR) is 79.7 cm³/mol. The van der Waals surface area contributed by atoms with Crippen LogP contribution in [0.4, 0.5) is 0 Å². The normalized spacial score (nSPS) is 18.6. The number of carbonyl (C=O) groups is 1. The molecule has 7 heteroatoms. The number of amides is 1. The number of halogens is 1. The predicted octanol–water partition coefficient (Wildman–Crippen LogP) is 1.70. The van der Waals surface area contributed by atoms with E-state index in [1.165, 1.54) is 12.1 Å². The molecular weight excluding hydrogens is 314 g/mol. The quantitative estimate of drug-likeness (QED) is 0.805. The van der Waals surface area contributed by atoms with Crippen LogP contribution in [-0.2, 0) is 25.0 Å². The van der Waals surface area contributed by atoms with E-state index in [0.717, 1.165) is 18.6 Å². The summed E-state index contributed by atoms with van der Waals surface area (Å²) in [4.78, 5) is 11.8. The van der Waals surface area contributed by atoms with Gasteiger partial charge in [-0.2, -0.15) is 0 Å². The summed E-state index contributed by atoms with van der Waals surface area (Å²) in [5.41, 5.74) is 0.901.